The van der Waals surface area contributed by atoms with Crippen molar-refractivity contribution in [1.29, 1.82) is 0 Å². The maximum absolute atomic E-state index is 2.68. The molecule has 0 heteroatoms. The van der Waals surface area contributed by atoms with Gasteiger partial charge in [-0.15, -0.1) is 0 Å². The Morgan fingerprint density at radius 3 is 1.21 bits per heavy atom. The first-order valence-electron chi connectivity index (χ1n) is 22.0. The molecule has 308 valence electrons. The molecule has 0 N–H and O–H groups in total. The number of hydrogen-bond acceptors (Lipinski definition) is 0. The first-order chi connectivity index (χ1) is 23.3. The highest BCUT2D eigenvalue weighted by Gasteiger charge is 2.49. The lowest BCUT2D eigenvalue weighted by Crippen LogP contribution is -2.43. The third-order valence-corrected chi connectivity index (χ3v) is 13.5. The van der Waals surface area contributed by atoms with Crippen molar-refractivity contribution in [2.24, 2.45) is 78.8 Å². The SMILES string of the molecule is CC(C)(C)CC(C1CC(C(C)(C)C)C(C(C)(C)C)c2ccccc21)C(C)(C)C.CC1=CC(C(CC(C)(C)C)C(C)(C)C)CC(C(C)(C)C)C1C(C)(C)C. The van der Waals surface area contributed by atoms with Gasteiger partial charge in [-0.25, -0.2) is 0 Å². The van der Waals surface area contributed by atoms with Gasteiger partial charge < -0.3 is 0 Å². The minimum Gasteiger partial charge on any atom is -0.0819 e. The van der Waals surface area contributed by atoms with E-state index in [1.54, 1.807) is 16.7 Å². The van der Waals surface area contributed by atoms with E-state index in [0.29, 0.717) is 73.4 Å². The van der Waals surface area contributed by atoms with Crippen LogP contribution in [0.4, 0.5) is 0 Å². The Morgan fingerprint density at radius 2 is 0.849 bits per heavy atom. The van der Waals surface area contributed by atoms with Crippen LogP contribution in [0.2, 0.25) is 0 Å². The zero-order valence-electron chi connectivity index (χ0n) is 40.8. The molecule has 0 aliphatic heterocycles. The lowest BCUT2D eigenvalue weighted by Gasteiger charge is -2.53. The Balaban J connectivity index is 0.000000370. The van der Waals surface area contributed by atoms with Crippen LogP contribution in [-0.4, -0.2) is 0 Å². The molecule has 1 aromatic rings. The summed E-state index contributed by atoms with van der Waals surface area (Å²) in [4.78, 5) is 0. The molecular formula is C53H96. The predicted octanol–water partition coefficient (Wildman–Crippen LogP) is 17.4. The second-order valence-electron chi connectivity index (χ2n) is 27.4. The van der Waals surface area contributed by atoms with Gasteiger partial charge in [0.05, 0.1) is 0 Å². The Bertz CT molecular complexity index is 1320. The smallest absolute Gasteiger partial charge is 0.00769 e. The van der Waals surface area contributed by atoms with E-state index in [2.05, 4.69) is 203 Å². The molecule has 8 unspecified atom stereocenters. The summed E-state index contributed by atoms with van der Waals surface area (Å²) in [7, 11) is 0. The molecule has 1 aromatic carbocycles. The molecule has 0 nitrogen and oxygen atoms in total. The second-order valence-corrected chi connectivity index (χ2v) is 27.4. The largest absolute Gasteiger partial charge is 0.0819 e. The van der Waals surface area contributed by atoms with Crippen LogP contribution >= 0.6 is 0 Å². The first kappa shape index (κ1) is 48.1. The Labute approximate surface area is 335 Å². The minimum absolute atomic E-state index is 0.278. The zero-order valence-corrected chi connectivity index (χ0v) is 40.8. The number of rotatable bonds is 4. The minimum atomic E-state index is 0.278. The molecule has 0 heterocycles. The fourth-order valence-corrected chi connectivity index (χ4v) is 11.3. The van der Waals surface area contributed by atoms with E-state index in [9.17, 15) is 0 Å². The molecule has 0 aromatic heterocycles. The van der Waals surface area contributed by atoms with Crippen molar-refractivity contribution < 1.29 is 0 Å². The lowest BCUT2D eigenvalue weighted by atomic mass is 9.51. The van der Waals surface area contributed by atoms with Gasteiger partial charge in [-0.1, -0.05) is 202 Å². The summed E-state index contributed by atoms with van der Waals surface area (Å²) in [6, 6.07) is 9.46. The van der Waals surface area contributed by atoms with Crippen LogP contribution in [0.25, 0.3) is 0 Å². The Hall–Kier alpha value is -1.04. The molecular weight excluding hydrogens is 637 g/mol. The van der Waals surface area contributed by atoms with E-state index >= 15 is 0 Å². The monoisotopic (exact) mass is 733 g/mol. The maximum atomic E-state index is 2.68. The third-order valence-electron chi connectivity index (χ3n) is 13.5. The number of benzene rings is 1. The van der Waals surface area contributed by atoms with E-state index in [-0.39, 0.29) is 5.41 Å². The zero-order chi connectivity index (χ0) is 41.7. The molecule has 8 atom stereocenters. The van der Waals surface area contributed by atoms with Crippen LogP contribution in [0.15, 0.2) is 35.9 Å². The van der Waals surface area contributed by atoms with Crippen molar-refractivity contribution in [2.75, 3.05) is 0 Å². The van der Waals surface area contributed by atoms with Crippen LogP contribution in [0.3, 0.4) is 0 Å². The summed E-state index contributed by atoms with van der Waals surface area (Å²) < 4.78 is 0. The van der Waals surface area contributed by atoms with Gasteiger partial charge in [0.1, 0.15) is 0 Å². The Kier molecular flexibility index (Phi) is 14.6. The molecule has 3 rings (SSSR count). The molecule has 0 spiro atoms. The fourth-order valence-electron chi connectivity index (χ4n) is 11.3. The molecule has 0 saturated carbocycles. The van der Waals surface area contributed by atoms with E-state index in [4.69, 9.17) is 0 Å². The Morgan fingerprint density at radius 1 is 0.472 bits per heavy atom. The molecule has 0 fully saturated rings. The van der Waals surface area contributed by atoms with Crippen molar-refractivity contribution >= 4 is 0 Å². The van der Waals surface area contributed by atoms with Crippen molar-refractivity contribution in [1.82, 2.24) is 0 Å². The second kappa shape index (κ2) is 16.1. The average Bonchev–Trinajstić information content (AvgIpc) is 2.89. The summed E-state index contributed by atoms with van der Waals surface area (Å²) in [5.41, 5.74) is 7.61. The highest BCUT2D eigenvalue weighted by Crippen LogP contribution is 2.60. The average molecular weight is 733 g/mol. The maximum Gasteiger partial charge on any atom is -0.00769 e. The summed E-state index contributed by atoms with van der Waals surface area (Å²) in [5, 5.41) is 0. The van der Waals surface area contributed by atoms with Crippen molar-refractivity contribution in [2.45, 2.75) is 211 Å². The van der Waals surface area contributed by atoms with Crippen molar-refractivity contribution in [3.63, 3.8) is 0 Å². The van der Waals surface area contributed by atoms with Crippen LogP contribution in [0, 0.1) is 78.8 Å². The molecule has 0 radical (unpaired) electrons. The van der Waals surface area contributed by atoms with Gasteiger partial charge in [-0.05, 0) is 134 Å². The summed E-state index contributed by atoms with van der Waals surface area (Å²) in [6.07, 6.45) is 7.94. The number of fused-ring (bicyclic) bond motifs is 1. The quantitative estimate of drug-likeness (QED) is 0.270. The van der Waals surface area contributed by atoms with Gasteiger partial charge in [-0.2, -0.15) is 0 Å². The van der Waals surface area contributed by atoms with Gasteiger partial charge >= 0.3 is 0 Å². The number of hydrogen-bond donors (Lipinski definition) is 0. The van der Waals surface area contributed by atoms with Crippen LogP contribution in [0.5, 0.6) is 0 Å². The highest BCUT2D eigenvalue weighted by molar-refractivity contribution is 5.39. The molecule has 0 bridgehead atoms. The van der Waals surface area contributed by atoms with E-state index in [0.717, 1.165) is 11.8 Å². The van der Waals surface area contributed by atoms with Gasteiger partial charge in [0.25, 0.3) is 0 Å². The molecule has 0 saturated heterocycles. The highest BCUT2D eigenvalue weighted by atomic mass is 14.5. The summed E-state index contributed by atoms with van der Waals surface area (Å²) in [5.74, 6) is 5.58. The number of allylic oxidation sites excluding steroid dienone is 2. The summed E-state index contributed by atoms with van der Waals surface area (Å²) >= 11 is 0. The van der Waals surface area contributed by atoms with Crippen LogP contribution < -0.4 is 0 Å². The van der Waals surface area contributed by atoms with Gasteiger partial charge in [-0.3, -0.25) is 0 Å². The van der Waals surface area contributed by atoms with Crippen LogP contribution in [-0.2, 0) is 0 Å². The lowest BCUT2D eigenvalue weighted by molar-refractivity contribution is 0.0328. The van der Waals surface area contributed by atoms with Crippen molar-refractivity contribution in [3.8, 4) is 0 Å². The van der Waals surface area contributed by atoms with E-state index < -0.39 is 0 Å². The van der Waals surface area contributed by atoms with Gasteiger partial charge in [0.2, 0.25) is 0 Å². The topological polar surface area (TPSA) is 0 Å². The van der Waals surface area contributed by atoms with Crippen LogP contribution in [0.1, 0.15) is 222 Å². The van der Waals surface area contributed by atoms with Gasteiger partial charge in [0, 0.05) is 0 Å². The van der Waals surface area contributed by atoms with Crippen molar-refractivity contribution in [3.05, 3.63) is 47.0 Å². The fraction of sp³-hybridized carbons (Fsp3) is 0.849. The van der Waals surface area contributed by atoms with E-state index in [1.165, 1.54) is 25.7 Å². The normalized spacial score (nSPS) is 26.5. The third kappa shape index (κ3) is 13.3. The summed E-state index contributed by atoms with van der Waals surface area (Å²) in [6.45, 7) is 61.1. The standard InChI is InChI=1S/C28H48.C25H48/c1-25(2,3)18-23(27(7,8)9)21-17-22(26(4,5)6)24(28(10,11)12)20-16-14-13-15-19(20)21;1-17-14-18(20(24(8,9)10)16-22(2,3)4)15-19(23(5,6)7)21(17)25(11,12)13/h13-16,21-24H,17-18H2,1-12H3;14,18-21H,15-16H2,1-13H3. The molecule has 53 heavy (non-hydrogen) atoms. The predicted molar refractivity (Wildman–Crippen MR) is 241 cm³/mol. The first-order valence-corrected chi connectivity index (χ1v) is 22.0. The molecule has 2 aliphatic carbocycles. The molecule has 2 aliphatic rings. The molecule has 0 amide bonds. The van der Waals surface area contributed by atoms with E-state index in [1.807, 2.05) is 0 Å². The van der Waals surface area contributed by atoms with Gasteiger partial charge in [0.15, 0.2) is 0 Å².